The van der Waals surface area contributed by atoms with Crippen molar-refractivity contribution in [3.05, 3.63) is 112 Å². The zero-order valence-corrected chi connectivity index (χ0v) is 16.0. The SMILES string of the molecule is O=C(/C=C/c1ccccc1Br)N(Cc1ccccc1)Cc1ccccc1. The normalized spacial score (nSPS) is 10.8. The van der Waals surface area contributed by atoms with E-state index in [1.807, 2.05) is 95.9 Å². The van der Waals surface area contributed by atoms with E-state index in [1.165, 1.54) is 0 Å². The van der Waals surface area contributed by atoms with Gasteiger partial charge in [0.25, 0.3) is 0 Å². The lowest BCUT2D eigenvalue weighted by molar-refractivity contribution is -0.127. The Hall–Kier alpha value is -2.65. The molecular formula is C23H20BrNO. The van der Waals surface area contributed by atoms with Crippen LogP contribution in [0.3, 0.4) is 0 Å². The highest BCUT2D eigenvalue weighted by Gasteiger charge is 2.12. The van der Waals surface area contributed by atoms with E-state index in [-0.39, 0.29) is 5.91 Å². The Kier molecular flexibility index (Phi) is 6.39. The standard InChI is InChI=1S/C23H20BrNO/c24-22-14-8-7-13-21(22)15-16-23(26)25(17-19-9-3-1-4-10-19)18-20-11-5-2-6-12-20/h1-16H,17-18H2/b16-15+. The molecule has 0 heterocycles. The van der Waals surface area contributed by atoms with Crippen LogP contribution in [-0.4, -0.2) is 10.8 Å². The number of hydrogen-bond donors (Lipinski definition) is 0. The summed E-state index contributed by atoms with van der Waals surface area (Å²) in [6.45, 7) is 1.16. The summed E-state index contributed by atoms with van der Waals surface area (Å²) in [6.07, 6.45) is 3.50. The first-order valence-electron chi connectivity index (χ1n) is 8.52. The van der Waals surface area contributed by atoms with Gasteiger partial charge in [-0.15, -0.1) is 0 Å². The quantitative estimate of drug-likeness (QED) is 0.482. The smallest absolute Gasteiger partial charge is 0.247 e. The molecule has 0 saturated heterocycles. The number of nitrogens with zero attached hydrogens (tertiary/aromatic N) is 1. The van der Waals surface area contributed by atoms with E-state index in [2.05, 4.69) is 15.9 Å². The number of rotatable bonds is 6. The Labute approximate surface area is 162 Å². The van der Waals surface area contributed by atoms with Crippen LogP contribution >= 0.6 is 15.9 Å². The van der Waals surface area contributed by atoms with Crippen molar-refractivity contribution in [2.45, 2.75) is 13.1 Å². The van der Waals surface area contributed by atoms with Crippen LogP contribution in [0.25, 0.3) is 6.08 Å². The number of amides is 1. The first kappa shape index (κ1) is 18.2. The Bertz CT molecular complexity index is 833. The van der Waals surface area contributed by atoms with Gasteiger partial charge in [0, 0.05) is 23.6 Å². The van der Waals surface area contributed by atoms with Crippen LogP contribution in [0.2, 0.25) is 0 Å². The van der Waals surface area contributed by atoms with E-state index >= 15 is 0 Å². The van der Waals surface area contributed by atoms with Gasteiger partial charge in [0.05, 0.1) is 0 Å². The van der Waals surface area contributed by atoms with Crippen molar-refractivity contribution in [2.75, 3.05) is 0 Å². The van der Waals surface area contributed by atoms with E-state index in [0.717, 1.165) is 21.2 Å². The van der Waals surface area contributed by atoms with Gasteiger partial charge in [-0.25, -0.2) is 0 Å². The molecule has 26 heavy (non-hydrogen) atoms. The van der Waals surface area contributed by atoms with Crippen LogP contribution < -0.4 is 0 Å². The Morgan fingerprint density at radius 1 is 0.769 bits per heavy atom. The van der Waals surface area contributed by atoms with Gasteiger partial charge in [0.1, 0.15) is 0 Å². The molecule has 2 nitrogen and oxygen atoms in total. The second kappa shape index (κ2) is 9.16. The fraction of sp³-hybridized carbons (Fsp3) is 0.0870. The van der Waals surface area contributed by atoms with Gasteiger partial charge in [-0.1, -0.05) is 94.8 Å². The summed E-state index contributed by atoms with van der Waals surface area (Å²) < 4.78 is 0.974. The summed E-state index contributed by atoms with van der Waals surface area (Å²) in [5.41, 5.74) is 3.22. The third-order valence-electron chi connectivity index (χ3n) is 4.05. The molecule has 3 heteroatoms. The van der Waals surface area contributed by atoms with Gasteiger partial charge in [-0.3, -0.25) is 4.79 Å². The third-order valence-corrected chi connectivity index (χ3v) is 4.78. The van der Waals surface area contributed by atoms with Gasteiger partial charge in [-0.05, 0) is 28.8 Å². The highest BCUT2D eigenvalue weighted by molar-refractivity contribution is 9.10. The molecule has 0 bridgehead atoms. The Morgan fingerprint density at radius 2 is 1.27 bits per heavy atom. The lowest BCUT2D eigenvalue weighted by Gasteiger charge is -2.21. The highest BCUT2D eigenvalue weighted by Crippen LogP contribution is 2.18. The minimum atomic E-state index is -0.00606. The number of carbonyl (C=O) groups is 1. The number of halogens is 1. The van der Waals surface area contributed by atoms with Crippen LogP contribution in [0.4, 0.5) is 0 Å². The van der Waals surface area contributed by atoms with E-state index < -0.39 is 0 Å². The predicted molar refractivity (Wildman–Crippen MR) is 110 cm³/mol. The molecule has 0 fully saturated rings. The largest absolute Gasteiger partial charge is 0.331 e. The molecule has 0 unspecified atom stereocenters. The fourth-order valence-corrected chi connectivity index (χ4v) is 3.11. The number of carbonyl (C=O) groups excluding carboxylic acids is 1. The molecule has 0 aliphatic heterocycles. The van der Waals surface area contributed by atoms with Gasteiger partial charge in [-0.2, -0.15) is 0 Å². The van der Waals surface area contributed by atoms with Crippen molar-refractivity contribution in [1.29, 1.82) is 0 Å². The molecule has 0 aromatic heterocycles. The molecule has 0 radical (unpaired) electrons. The van der Waals surface area contributed by atoms with Crippen LogP contribution in [0.5, 0.6) is 0 Å². The maximum absolute atomic E-state index is 12.9. The highest BCUT2D eigenvalue weighted by atomic mass is 79.9. The Balaban J connectivity index is 1.79. The molecule has 0 aliphatic carbocycles. The average molecular weight is 406 g/mol. The fourth-order valence-electron chi connectivity index (χ4n) is 2.70. The summed E-state index contributed by atoms with van der Waals surface area (Å²) in [4.78, 5) is 14.7. The van der Waals surface area contributed by atoms with E-state index in [4.69, 9.17) is 0 Å². The molecule has 1 amide bonds. The van der Waals surface area contributed by atoms with Gasteiger partial charge < -0.3 is 4.90 Å². The number of hydrogen-bond acceptors (Lipinski definition) is 1. The molecule has 0 saturated carbocycles. The van der Waals surface area contributed by atoms with Crippen LogP contribution in [0.1, 0.15) is 16.7 Å². The predicted octanol–water partition coefficient (Wildman–Crippen LogP) is 5.69. The van der Waals surface area contributed by atoms with Crippen molar-refractivity contribution in [3.63, 3.8) is 0 Å². The zero-order chi connectivity index (χ0) is 18.2. The summed E-state index contributed by atoms with van der Waals surface area (Å²) in [7, 11) is 0. The van der Waals surface area contributed by atoms with Crippen LogP contribution in [-0.2, 0) is 17.9 Å². The zero-order valence-electron chi connectivity index (χ0n) is 14.4. The average Bonchev–Trinajstić information content (AvgIpc) is 2.68. The first-order valence-corrected chi connectivity index (χ1v) is 9.31. The van der Waals surface area contributed by atoms with Crippen molar-refractivity contribution >= 4 is 27.9 Å². The van der Waals surface area contributed by atoms with E-state index in [1.54, 1.807) is 6.08 Å². The summed E-state index contributed by atoms with van der Waals surface area (Å²) in [6, 6.07) is 28.0. The molecule has 0 aliphatic rings. The van der Waals surface area contributed by atoms with Gasteiger partial charge in [0.2, 0.25) is 5.91 Å². The molecule has 130 valence electrons. The second-order valence-corrected chi connectivity index (χ2v) is 6.87. The topological polar surface area (TPSA) is 20.3 Å². The summed E-state index contributed by atoms with van der Waals surface area (Å²) in [5, 5.41) is 0. The van der Waals surface area contributed by atoms with Gasteiger partial charge in [0.15, 0.2) is 0 Å². The van der Waals surface area contributed by atoms with Gasteiger partial charge >= 0.3 is 0 Å². The lowest BCUT2D eigenvalue weighted by atomic mass is 10.1. The molecule has 0 spiro atoms. The van der Waals surface area contributed by atoms with Crippen molar-refractivity contribution in [2.24, 2.45) is 0 Å². The number of benzene rings is 3. The van der Waals surface area contributed by atoms with Crippen LogP contribution in [0, 0.1) is 0 Å². The van der Waals surface area contributed by atoms with Crippen molar-refractivity contribution in [3.8, 4) is 0 Å². The maximum Gasteiger partial charge on any atom is 0.247 e. The van der Waals surface area contributed by atoms with E-state index in [0.29, 0.717) is 13.1 Å². The van der Waals surface area contributed by atoms with E-state index in [9.17, 15) is 4.79 Å². The summed E-state index contributed by atoms with van der Waals surface area (Å²) >= 11 is 3.51. The first-order chi connectivity index (χ1) is 12.7. The molecule has 0 N–H and O–H groups in total. The summed E-state index contributed by atoms with van der Waals surface area (Å²) in [5.74, 6) is -0.00606. The second-order valence-electron chi connectivity index (χ2n) is 6.02. The molecule has 3 aromatic rings. The maximum atomic E-state index is 12.9. The third kappa shape index (κ3) is 5.17. The molecule has 3 aromatic carbocycles. The minimum Gasteiger partial charge on any atom is -0.331 e. The molecule has 3 rings (SSSR count). The van der Waals surface area contributed by atoms with Crippen LogP contribution in [0.15, 0.2) is 95.5 Å². The molecule has 0 atom stereocenters. The minimum absolute atomic E-state index is 0.00606. The monoisotopic (exact) mass is 405 g/mol. The van der Waals surface area contributed by atoms with Crippen molar-refractivity contribution in [1.82, 2.24) is 4.90 Å². The Morgan fingerprint density at radius 3 is 1.81 bits per heavy atom. The lowest BCUT2D eigenvalue weighted by Crippen LogP contribution is -2.28. The van der Waals surface area contributed by atoms with Crippen molar-refractivity contribution < 1.29 is 4.79 Å². The molecular weight excluding hydrogens is 386 g/mol.